The Morgan fingerprint density at radius 1 is 1.13 bits per heavy atom. The summed E-state index contributed by atoms with van der Waals surface area (Å²) in [4.78, 5) is 12.8. The topological polar surface area (TPSA) is 52.3 Å². The molecule has 0 aromatic heterocycles. The van der Waals surface area contributed by atoms with Gasteiger partial charge in [0.1, 0.15) is 5.60 Å². The van der Waals surface area contributed by atoms with Gasteiger partial charge in [0.15, 0.2) is 0 Å². The molecule has 2 N–H and O–H groups in total. The molecule has 0 atom stereocenters. The number of benzene rings is 1. The lowest BCUT2D eigenvalue weighted by Crippen LogP contribution is -2.54. The van der Waals surface area contributed by atoms with Gasteiger partial charge in [-0.1, -0.05) is 29.8 Å². The summed E-state index contributed by atoms with van der Waals surface area (Å²) in [5.41, 5.74) is 7.38. The minimum atomic E-state index is -0.538. The molecule has 0 saturated heterocycles. The Morgan fingerprint density at radius 3 is 2.22 bits per heavy atom. The van der Waals surface area contributed by atoms with E-state index < -0.39 is 11.0 Å². The fraction of sp³-hybridized carbons (Fsp3) is 0.526. The second-order valence-electron chi connectivity index (χ2n) is 7.88. The van der Waals surface area contributed by atoms with E-state index in [0.717, 1.165) is 36.8 Å². The molecule has 23 heavy (non-hydrogen) atoms. The zero-order valence-electron chi connectivity index (χ0n) is 14.0. The van der Waals surface area contributed by atoms with Crippen LogP contribution in [0.4, 0.5) is 0 Å². The SMILES string of the molecule is CC(C)(C)OC(=O)C12C=C(c3ccc(Cl)cc3)C(N)(CC1)CC2. The highest BCUT2D eigenvalue weighted by molar-refractivity contribution is 6.30. The van der Waals surface area contributed by atoms with Gasteiger partial charge in [-0.3, -0.25) is 4.79 Å². The lowest BCUT2D eigenvalue weighted by atomic mass is 9.58. The lowest BCUT2D eigenvalue weighted by Gasteiger charge is -2.49. The predicted octanol–water partition coefficient (Wildman–Crippen LogP) is 4.34. The van der Waals surface area contributed by atoms with Crippen LogP contribution in [-0.2, 0) is 9.53 Å². The number of halogens is 1. The fourth-order valence-electron chi connectivity index (χ4n) is 3.62. The van der Waals surface area contributed by atoms with Crippen molar-refractivity contribution in [1.82, 2.24) is 0 Å². The molecule has 2 bridgehead atoms. The highest BCUT2D eigenvalue weighted by Crippen LogP contribution is 2.53. The van der Waals surface area contributed by atoms with Crippen LogP contribution in [0.1, 0.15) is 52.0 Å². The Labute approximate surface area is 142 Å². The minimum Gasteiger partial charge on any atom is -0.459 e. The van der Waals surface area contributed by atoms with Crippen LogP contribution in [0.5, 0.6) is 0 Å². The standard InChI is InChI=1S/C19H24ClNO2/c1-17(2,3)23-16(22)18-8-10-19(21,11-9-18)15(12-18)13-4-6-14(20)7-5-13/h4-7,12H,8-11,21H2,1-3H3. The quantitative estimate of drug-likeness (QED) is 0.819. The van der Waals surface area contributed by atoms with E-state index in [1.807, 2.05) is 45.0 Å². The molecule has 4 rings (SSSR count). The maximum atomic E-state index is 12.8. The Bertz CT molecular complexity index is 647. The third kappa shape index (κ3) is 3.05. The van der Waals surface area contributed by atoms with Crippen molar-refractivity contribution in [3.63, 3.8) is 0 Å². The molecule has 124 valence electrons. The van der Waals surface area contributed by atoms with Crippen LogP contribution < -0.4 is 5.73 Å². The fourth-order valence-corrected chi connectivity index (χ4v) is 3.74. The molecular weight excluding hydrogens is 310 g/mol. The van der Waals surface area contributed by atoms with Crippen molar-refractivity contribution in [2.45, 2.75) is 57.6 Å². The average Bonchev–Trinajstić information content (AvgIpc) is 2.47. The second-order valence-corrected chi connectivity index (χ2v) is 8.32. The molecule has 0 spiro atoms. The van der Waals surface area contributed by atoms with E-state index in [4.69, 9.17) is 22.1 Å². The second kappa shape index (κ2) is 5.35. The van der Waals surface area contributed by atoms with Crippen molar-refractivity contribution in [1.29, 1.82) is 0 Å². The Kier molecular flexibility index (Phi) is 3.85. The lowest BCUT2D eigenvalue weighted by molar-refractivity contribution is -0.167. The Morgan fingerprint density at radius 2 is 1.70 bits per heavy atom. The molecule has 3 nitrogen and oxygen atoms in total. The predicted molar refractivity (Wildman–Crippen MR) is 93.1 cm³/mol. The first-order chi connectivity index (χ1) is 10.6. The van der Waals surface area contributed by atoms with E-state index in [-0.39, 0.29) is 11.5 Å². The number of fused-ring (bicyclic) bond motifs is 2. The third-order valence-corrected chi connectivity index (χ3v) is 5.20. The van der Waals surface area contributed by atoms with Crippen molar-refractivity contribution in [3.05, 3.63) is 40.9 Å². The maximum absolute atomic E-state index is 12.8. The molecule has 0 unspecified atom stereocenters. The van der Waals surface area contributed by atoms with Gasteiger partial charge in [-0.15, -0.1) is 0 Å². The van der Waals surface area contributed by atoms with Gasteiger partial charge in [0.05, 0.1) is 5.41 Å². The summed E-state index contributed by atoms with van der Waals surface area (Å²) in [6.45, 7) is 5.72. The summed E-state index contributed by atoms with van der Waals surface area (Å²) < 4.78 is 5.69. The smallest absolute Gasteiger partial charge is 0.316 e. The summed E-state index contributed by atoms with van der Waals surface area (Å²) in [5.74, 6) is -0.127. The number of hydrogen-bond donors (Lipinski definition) is 1. The molecule has 1 fully saturated rings. The number of carbonyl (C=O) groups is 1. The van der Waals surface area contributed by atoms with Gasteiger partial charge in [-0.25, -0.2) is 0 Å². The summed E-state index contributed by atoms with van der Waals surface area (Å²) in [6.07, 6.45) is 5.20. The van der Waals surface area contributed by atoms with Gasteiger partial charge in [-0.2, -0.15) is 0 Å². The normalized spacial score (nSPS) is 30.0. The molecule has 0 heterocycles. The third-order valence-electron chi connectivity index (χ3n) is 4.95. The van der Waals surface area contributed by atoms with Crippen molar-refractivity contribution in [3.8, 4) is 0 Å². The summed E-state index contributed by atoms with van der Waals surface area (Å²) in [5, 5.41) is 0.697. The Hall–Kier alpha value is -1.32. The minimum absolute atomic E-state index is 0.127. The van der Waals surface area contributed by atoms with E-state index in [2.05, 4.69) is 6.08 Å². The first-order valence-corrected chi connectivity index (χ1v) is 8.53. The highest BCUT2D eigenvalue weighted by atomic mass is 35.5. The van der Waals surface area contributed by atoms with E-state index in [1.54, 1.807) is 0 Å². The number of ether oxygens (including phenoxy) is 1. The molecule has 1 aromatic rings. The first-order valence-electron chi connectivity index (χ1n) is 8.15. The zero-order chi connectivity index (χ0) is 16.9. The number of hydrogen-bond acceptors (Lipinski definition) is 3. The molecule has 0 radical (unpaired) electrons. The summed E-state index contributed by atoms with van der Waals surface area (Å²) in [7, 11) is 0. The molecule has 1 aromatic carbocycles. The molecule has 3 aliphatic carbocycles. The number of esters is 1. The van der Waals surface area contributed by atoms with E-state index >= 15 is 0 Å². The number of nitrogens with two attached hydrogens (primary N) is 1. The van der Waals surface area contributed by atoms with Gasteiger partial charge in [0, 0.05) is 10.6 Å². The van der Waals surface area contributed by atoms with Crippen LogP contribution in [-0.4, -0.2) is 17.1 Å². The monoisotopic (exact) mass is 333 g/mol. The molecule has 4 heteroatoms. The first kappa shape index (κ1) is 16.5. The van der Waals surface area contributed by atoms with Crippen LogP contribution in [0.15, 0.2) is 30.3 Å². The van der Waals surface area contributed by atoms with Crippen molar-refractivity contribution in [2.24, 2.45) is 11.1 Å². The molecule has 0 amide bonds. The van der Waals surface area contributed by atoms with E-state index in [9.17, 15) is 4.79 Å². The van der Waals surface area contributed by atoms with Crippen molar-refractivity contribution < 1.29 is 9.53 Å². The summed E-state index contributed by atoms with van der Waals surface area (Å²) in [6, 6.07) is 7.69. The largest absolute Gasteiger partial charge is 0.459 e. The summed E-state index contributed by atoms with van der Waals surface area (Å²) >= 11 is 5.99. The van der Waals surface area contributed by atoms with Crippen LogP contribution in [0.25, 0.3) is 5.57 Å². The molecule has 0 aliphatic heterocycles. The van der Waals surface area contributed by atoms with Crippen LogP contribution in [0.3, 0.4) is 0 Å². The van der Waals surface area contributed by atoms with Crippen molar-refractivity contribution in [2.75, 3.05) is 0 Å². The number of carbonyl (C=O) groups excluding carboxylic acids is 1. The van der Waals surface area contributed by atoms with Crippen molar-refractivity contribution >= 4 is 23.1 Å². The van der Waals surface area contributed by atoms with Gasteiger partial charge in [0.25, 0.3) is 0 Å². The Balaban J connectivity index is 2.00. The molecule has 1 saturated carbocycles. The van der Waals surface area contributed by atoms with Crippen LogP contribution >= 0.6 is 11.6 Å². The maximum Gasteiger partial charge on any atom is 0.316 e. The van der Waals surface area contributed by atoms with E-state index in [1.165, 1.54) is 0 Å². The van der Waals surface area contributed by atoms with Gasteiger partial charge < -0.3 is 10.5 Å². The van der Waals surface area contributed by atoms with E-state index in [0.29, 0.717) is 5.02 Å². The van der Waals surface area contributed by atoms with Crippen LogP contribution in [0.2, 0.25) is 5.02 Å². The van der Waals surface area contributed by atoms with Gasteiger partial charge in [-0.05, 0) is 69.7 Å². The zero-order valence-corrected chi connectivity index (χ0v) is 14.7. The number of rotatable bonds is 2. The van der Waals surface area contributed by atoms with Gasteiger partial charge >= 0.3 is 5.97 Å². The van der Waals surface area contributed by atoms with Gasteiger partial charge in [0.2, 0.25) is 0 Å². The molecular formula is C19H24ClNO2. The molecule has 3 aliphatic rings. The highest BCUT2D eigenvalue weighted by Gasteiger charge is 2.52. The average molecular weight is 334 g/mol. The van der Waals surface area contributed by atoms with Crippen LogP contribution in [0, 0.1) is 5.41 Å².